The smallest absolute Gasteiger partial charge is 0.246 e. The van der Waals surface area contributed by atoms with Gasteiger partial charge in [0.25, 0.3) is 0 Å². The summed E-state index contributed by atoms with van der Waals surface area (Å²) in [6.45, 7) is 4.24. The summed E-state index contributed by atoms with van der Waals surface area (Å²) in [6.07, 6.45) is 2.44. The highest BCUT2D eigenvalue weighted by atomic mass is 16.2. The maximum absolute atomic E-state index is 11.6. The van der Waals surface area contributed by atoms with Crippen molar-refractivity contribution in [3.63, 3.8) is 0 Å². The van der Waals surface area contributed by atoms with E-state index in [2.05, 4.69) is 10.6 Å². The summed E-state index contributed by atoms with van der Waals surface area (Å²) in [7, 11) is 0. The van der Waals surface area contributed by atoms with Crippen molar-refractivity contribution in [2.75, 3.05) is 6.54 Å². The standard InChI is InChI=1S/C9H16N2O2/c1-3-5-9(4-2)8(13)11-7(12)6-10-9/h10H,3-6H2,1-2H3,(H,11,12,13). The second-order valence-corrected chi connectivity index (χ2v) is 3.42. The number of nitrogens with one attached hydrogen (secondary N) is 2. The lowest BCUT2D eigenvalue weighted by Gasteiger charge is -2.35. The molecule has 0 aromatic carbocycles. The molecule has 2 N–H and O–H groups in total. The van der Waals surface area contributed by atoms with Crippen molar-refractivity contribution in [3.8, 4) is 0 Å². The number of carbonyl (C=O) groups excluding carboxylic acids is 2. The highest BCUT2D eigenvalue weighted by molar-refractivity contribution is 6.03. The fourth-order valence-electron chi connectivity index (χ4n) is 1.71. The molecule has 2 amide bonds. The Balaban J connectivity index is 2.74. The molecule has 1 atom stereocenters. The van der Waals surface area contributed by atoms with E-state index in [0.717, 1.165) is 19.3 Å². The molecule has 1 aliphatic rings. The molecule has 0 aliphatic carbocycles. The van der Waals surface area contributed by atoms with Crippen LogP contribution in [0.4, 0.5) is 0 Å². The predicted octanol–water partition coefficient (Wildman–Crippen LogP) is 0.181. The first kappa shape index (κ1) is 10.2. The van der Waals surface area contributed by atoms with Gasteiger partial charge in [-0.1, -0.05) is 20.3 Å². The molecule has 0 saturated carbocycles. The molecule has 1 aliphatic heterocycles. The second kappa shape index (κ2) is 3.87. The van der Waals surface area contributed by atoms with Gasteiger partial charge < -0.3 is 0 Å². The third kappa shape index (κ3) is 1.88. The Hall–Kier alpha value is -0.900. The lowest BCUT2D eigenvalue weighted by atomic mass is 9.88. The Morgan fingerprint density at radius 2 is 2.08 bits per heavy atom. The Kier molecular flexibility index (Phi) is 3.03. The molecule has 74 valence electrons. The summed E-state index contributed by atoms with van der Waals surface area (Å²) in [5.74, 6) is -0.404. The normalized spacial score (nSPS) is 28.8. The van der Waals surface area contributed by atoms with Crippen molar-refractivity contribution in [2.45, 2.75) is 38.6 Å². The van der Waals surface area contributed by atoms with Crippen LogP contribution in [0.3, 0.4) is 0 Å². The summed E-state index contributed by atoms with van der Waals surface area (Å²) < 4.78 is 0. The predicted molar refractivity (Wildman–Crippen MR) is 49.1 cm³/mol. The van der Waals surface area contributed by atoms with Crippen LogP contribution in [0.2, 0.25) is 0 Å². The average molecular weight is 184 g/mol. The Morgan fingerprint density at radius 1 is 1.38 bits per heavy atom. The maximum Gasteiger partial charge on any atom is 0.246 e. The van der Waals surface area contributed by atoms with E-state index < -0.39 is 5.54 Å². The number of hydrogen-bond donors (Lipinski definition) is 2. The van der Waals surface area contributed by atoms with Crippen LogP contribution in [0.5, 0.6) is 0 Å². The molecule has 1 rings (SSSR count). The zero-order valence-corrected chi connectivity index (χ0v) is 8.14. The van der Waals surface area contributed by atoms with Crippen LogP contribution in [-0.4, -0.2) is 23.9 Å². The molecule has 1 unspecified atom stereocenters. The van der Waals surface area contributed by atoms with Crippen molar-refractivity contribution in [2.24, 2.45) is 0 Å². The molecular weight excluding hydrogens is 168 g/mol. The first-order valence-corrected chi connectivity index (χ1v) is 4.74. The lowest BCUT2D eigenvalue weighted by molar-refractivity contribution is -0.138. The minimum Gasteiger partial charge on any atom is -0.295 e. The average Bonchev–Trinajstić information content (AvgIpc) is 2.11. The number of piperazine rings is 1. The highest BCUT2D eigenvalue weighted by Gasteiger charge is 2.39. The Morgan fingerprint density at radius 3 is 2.54 bits per heavy atom. The molecule has 1 saturated heterocycles. The molecule has 0 bridgehead atoms. The number of rotatable bonds is 3. The SMILES string of the molecule is CCCC1(CC)NCC(=O)NC1=O. The molecular formula is C9H16N2O2. The van der Waals surface area contributed by atoms with Crippen LogP contribution < -0.4 is 10.6 Å². The zero-order valence-electron chi connectivity index (χ0n) is 8.14. The van der Waals surface area contributed by atoms with Crippen LogP contribution in [0, 0.1) is 0 Å². The van der Waals surface area contributed by atoms with E-state index in [4.69, 9.17) is 0 Å². The molecule has 4 heteroatoms. The van der Waals surface area contributed by atoms with Gasteiger partial charge in [0.15, 0.2) is 0 Å². The van der Waals surface area contributed by atoms with Crippen molar-refractivity contribution in [1.29, 1.82) is 0 Å². The molecule has 13 heavy (non-hydrogen) atoms. The molecule has 0 radical (unpaired) electrons. The van der Waals surface area contributed by atoms with Crippen molar-refractivity contribution < 1.29 is 9.59 Å². The summed E-state index contributed by atoms with van der Waals surface area (Å²) in [4.78, 5) is 22.4. The minimum atomic E-state index is -0.511. The van der Waals surface area contributed by atoms with Crippen LogP contribution in [0.1, 0.15) is 33.1 Å². The lowest BCUT2D eigenvalue weighted by Crippen LogP contribution is -2.64. The summed E-state index contributed by atoms with van der Waals surface area (Å²) in [5.41, 5.74) is -0.511. The van der Waals surface area contributed by atoms with E-state index in [1.807, 2.05) is 13.8 Å². The molecule has 0 spiro atoms. The van der Waals surface area contributed by atoms with Gasteiger partial charge in [-0.05, 0) is 12.8 Å². The Bertz CT molecular complexity index is 228. The highest BCUT2D eigenvalue weighted by Crippen LogP contribution is 2.19. The monoisotopic (exact) mass is 184 g/mol. The topological polar surface area (TPSA) is 58.2 Å². The number of carbonyl (C=O) groups is 2. The second-order valence-electron chi connectivity index (χ2n) is 3.42. The largest absolute Gasteiger partial charge is 0.295 e. The van der Waals surface area contributed by atoms with Gasteiger partial charge in [0.1, 0.15) is 0 Å². The van der Waals surface area contributed by atoms with E-state index in [1.54, 1.807) is 0 Å². The molecule has 4 nitrogen and oxygen atoms in total. The maximum atomic E-state index is 11.6. The fraction of sp³-hybridized carbons (Fsp3) is 0.778. The molecule has 0 aromatic heterocycles. The van der Waals surface area contributed by atoms with Crippen LogP contribution in [0.25, 0.3) is 0 Å². The van der Waals surface area contributed by atoms with Gasteiger partial charge in [0, 0.05) is 0 Å². The van der Waals surface area contributed by atoms with Gasteiger partial charge in [-0.25, -0.2) is 0 Å². The van der Waals surface area contributed by atoms with Gasteiger partial charge in [-0.15, -0.1) is 0 Å². The van der Waals surface area contributed by atoms with Crippen molar-refractivity contribution in [3.05, 3.63) is 0 Å². The van der Waals surface area contributed by atoms with Gasteiger partial charge in [0.2, 0.25) is 11.8 Å². The van der Waals surface area contributed by atoms with Gasteiger partial charge in [0.05, 0.1) is 12.1 Å². The summed E-state index contributed by atoms with van der Waals surface area (Å²) >= 11 is 0. The third-order valence-corrected chi connectivity index (χ3v) is 2.56. The van der Waals surface area contributed by atoms with E-state index in [9.17, 15) is 9.59 Å². The first-order chi connectivity index (χ1) is 6.14. The van der Waals surface area contributed by atoms with Crippen LogP contribution >= 0.6 is 0 Å². The van der Waals surface area contributed by atoms with E-state index in [0.29, 0.717) is 0 Å². The van der Waals surface area contributed by atoms with Crippen LogP contribution in [-0.2, 0) is 9.59 Å². The zero-order chi connectivity index (χ0) is 9.90. The van der Waals surface area contributed by atoms with Gasteiger partial charge >= 0.3 is 0 Å². The summed E-state index contributed by atoms with van der Waals surface area (Å²) in [6, 6.07) is 0. The number of imide groups is 1. The summed E-state index contributed by atoms with van der Waals surface area (Å²) in [5, 5.41) is 5.39. The third-order valence-electron chi connectivity index (χ3n) is 2.56. The minimum absolute atomic E-state index is 0.173. The molecule has 1 fully saturated rings. The van der Waals surface area contributed by atoms with E-state index in [1.165, 1.54) is 0 Å². The number of amides is 2. The van der Waals surface area contributed by atoms with Gasteiger partial charge in [-0.2, -0.15) is 0 Å². The number of hydrogen-bond acceptors (Lipinski definition) is 3. The molecule has 0 aromatic rings. The Labute approximate surface area is 78.1 Å². The van der Waals surface area contributed by atoms with Gasteiger partial charge in [-0.3, -0.25) is 20.2 Å². The fourth-order valence-corrected chi connectivity index (χ4v) is 1.71. The molecule has 1 heterocycles. The van der Waals surface area contributed by atoms with E-state index >= 15 is 0 Å². The van der Waals surface area contributed by atoms with Crippen molar-refractivity contribution in [1.82, 2.24) is 10.6 Å². The quantitative estimate of drug-likeness (QED) is 0.615. The van der Waals surface area contributed by atoms with E-state index in [-0.39, 0.29) is 18.4 Å². The van der Waals surface area contributed by atoms with Crippen molar-refractivity contribution >= 4 is 11.8 Å². The first-order valence-electron chi connectivity index (χ1n) is 4.74. The van der Waals surface area contributed by atoms with Crippen LogP contribution in [0.15, 0.2) is 0 Å².